The summed E-state index contributed by atoms with van der Waals surface area (Å²) in [5.74, 6) is 1.75. The summed E-state index contributed by atoms with van der Waals surface area (Å²) in [6.07, 6.45) is 4.69. The molecule has 0 amide bonds. The van der Waals surface area contributed by atoms with E-state index >= 15 is 0 Å². The number of rotatable bonds is 12. The number of sulfone groups is 1. The van der Waals surface area contributed by atoms with Crippen LogP contribution in [0.1, 0.15) is 17.5 Å². The number of hydrogen-bond acceptors (Lipinski definition) is 7. The highest BCUT2D eigenvalue weighted by Crippen LogP contribution is 2.25. The lowest BCUT2D eigenvalue weighted by molar-refractivity contribution is 0.306. The molecule has 3 aromatic carbocycles. The third kappa shape index (κ3) is 7.76. The van der Waals surface area contributed by atoms with Crippen LogP contribution in [0.2, 0.25) is 0 Å². The molecule has 0 aliphatic carbocycles. The first-order valence-corrected chi connectivity index (χ1v) is 14.1. The van der Waals surface area contributed by atoms with E-state index in [1.807, 2.05) is 61.6 Å². The smallest absolute Gasteiger partial charge is 0.148 e. The Balaban J connectivity index is 1.33. The average Bonchev–Trinajstić information content (AvgIpc) is 2.87. The van der Waals surface area contributed by atoms with Crippen molar-refractivity contribution in [2.24, 2.45) is 0 Å². The van der Waals surface area contributed by atoms with Crippen LogP contribution in [0.5, 0.6) is 5.75 Å². The second-order valence-corrected chi connectivity index (χ2v) is 11.3. The third-order valence-electron chi connectivity index (χ3n) is 5.92. The largest absolute Gasteiger partial charge is 0.489 e. The summed E-state index contributed by atoms with van der Waals surface area (Å²) in [6, 6.07) is 24.2. The monoisotopic (exact) mass is 504 g/mol. The molecule has 36 heavy (non-hydrogen) atoms. The highest BCUT2D eigenvalue weighted by atomic mass is 32.2. The fraction of sp³-hybridized carbons (Fsp3) is 0.286. The van der Waals surface area contributed by atoms with E-state index in [1.54, 1.807) is 6.33 Å². The lowest BCUT2D eigenvalue weighted by Gasteiger charge is -2.16. The molecule has 4 rings (SSSR count). The van der Waals surface area contributed by atoms with Crippen LogP contribution in [0.3, 0.4) is 0 Å². The van der Waals surface area contributed by atoms with Gasteiger partial charge in [-0.1, -0.05) is 36.4 Å². The molecule has 7 nitrogen and oxygen atoms in total. The van der Waals surface area contributed by atoms with Crippen LogP contribution < -0.4 is 10.1 Å². The zero-order chi connectivity index (χ0) is 25.4. The molecule has 0 saturated heterocycles. The molecule has 1 N–H and O–H groups in total. The van der Waals surface area contributed by atoms with Crippen LogP contribution in [-0.4, -0.2) is 55.4 Å². The maximum atomic E-state index is 11.3. The summed E-state index contributed by atoms with van der Waals surface area (Å²) in [7, 11) is -0.974. The number of nitrogens with one attached hydrogen (secondary N) is 1. The van der Waals surface area contributed by atoms with Gasteiger partial charge in [-0.2, -0.15) is 0 Å². The predicted octanol–water partition coefficient (Wildman–Crippen LogP) is 4.86. The Morgan fingerprint density at radius 2 is 1.69 bits per heavy atom. The van der Waals surface area contributed by atoms with E-state index in [9.17, 15) is 8.42 Å². The minimum Gasteiger partial charge on any atom is -0.489 e. The number of anilines is 2. The molecule has 1 heterocycles. The van der Waals surface area contributed by atoms with Crippen molar-refractivity contribution in [3.05, 3.63) is 90.3 Å². The summed E-state index contributed by atoms with van der Waals surface area (Å²) in [6.45, 7) is 1.93. The van der Waals surface area contributed by atoms with Gasteiger partial charge in [0.15, 0.2) is 0 Å². The Bertz CT molecular complexity index is 1380. The number of nitrogens with zero attached hydrogens (tertiary/aromatic N) is 3. The van der Waals surface area contributed by atoms with Crippen LogP contribution >= 0.6 is 0 Å². The van der Waals surface area contributed by atoms with E-state index in [-0.39, 0.29) is 5.75 Å². The standard InChI is InChI=1S/C28H32N4O3S/c1-32(17-18-36(2,33)34)16-6-9-22-10-15-26-27(19-22)29-21-30-28(26)31-24-11-13-25(14-12-24)35-20-23-7-4-3-5-8-23/h3-5,7-8,10-15,19,21H,6,9,16-18,20H2,1-2H3,(H,29,30,31). The van der Waals surface area contributed by atoms with Gasteiger partial charge in [0.25, 0.3) is 0 Å². The van der Waals surface area contributed by atoms with Crippen LogP contribution in [0.15, 0.2) is 79.1 Å². The Morgan fingerprint density at radius 1 is 0.917 bits per heavy atom. The van der Waals surface area contributed by atoms with E-state index in [0.29, 0.717) is 13.2 Å². The molecule has 0 atom stereocenters. The van der Waals surface area contributed by atoms with Crippen molar-refractivity contribution in [3.63, 3.8) is 0 Å². The van der Waals surface area contributed by atoms with Crippen molar-refractivity contribution in [2.45, 2.75) is 19.4 Å². The van der Waals surface area contributed by atoms with Crippen molar-refractivity contribution in [1.29, 1.82) is 0 Å². The first kappa shape index (κ1) is 25.6. The number of ether oxygens (including phenoxy) is 1. The van der Waals surface area contributed by atoms with Gasteiger partial charge in [-0.25, -0.2) is 18.4 Å². The summed E-state index contributed by atoms with van der Waals surface area (Å²) >= 11 is 0. The molecule has 188 valence electrons. The summed E-state index contributed by atoms with van der Waals surface area (Å²) in [5, 5.41) is 4.34. The fourth-order valence-electron chi connectivity index (χ4n) is 3.86. The van der Waals surface area contributed by atoms with Gasteiger partial charge in [0.1, 0.15) is 34.3 Å². The molecular formula is C28H32N4O3S. The molecule has 0 saturated carbocycles. The quantitative estimate of drug-likeness (QED) is 0.295. The minimum absolute atomic E-state index is 0.190. The Labute approximate surface area is 213 Å². The SMILES string of the molecule is CN(CCCc1ccc2c(Nc3ccc(OCc4ccccc4)cc3)ncnc2c1)CCS(C)(=O)=O. The summed E-state index contributed by atoms with van der Waals surface area (Å²) in [4.78, 5) is 11.0. The summed E-state index contributed by atoms with van der Waals surface area (Å²) < 4.78 is 28.6. The van der Waals surface area contributed by atoms with Crippen LogP contribution in [0, 0.1) is 0 Å². The minimum atomic E-state index is -2.93. The number of fused-ring (bicyclic) bond motifs is 1. The zero-order valence-corrected chi connectivity index (χ0v) is 21.5. The lowest BCUT2D eigenvalue weighted by atomic mass is 10.1. The Morgan fingerprint density at radius 3 is 2.44 bits per heavy atom. The Kier molecular flexibility index (Phi) is 8.51. The lowest BCUT2D eigenvalue weighted by Crippen LogP contribution is -2.26. The molecule has 4 aromatic rings. The molecule has 0 unspecified atom stereocenters. The van der Waals surface area contributed by atoms with E-state index in [2.05, 4.69) is 38.4 Å². The molecule has 0 aliphatic rings. The maximum absolute atomic E-state index is 11.3. The van der Waals surface area contributed by atoms with Gasteiger partial charge in [0, 0.05) is 23.9 Å². The van der Waals surface area contributed by atoms with E-state index in [0.717, 1.165) is 53.1 Å². The number of hydrogen-bond donors (Lipinski definition) is 1. The molecule has 0 aliphatic heterocycles. The topological polar surface area (TPSA) is 84.4 Å². The van der Waals surface area contributed by atoms with Gasteiger partial charge < -0.3 is 15.0 Å². The molecule has 8 heteroatoms. The molecule has 0 bridgehead atoms. The molecular weight excluding hydrogens is 472 g/mol. The number of aromatic nitrogens is 2. The van der Waals surface area contributed by atoms with Gasteiger partial charge in [0.2, 0.25) is 0 Å². The van der Waals surface area contributed by atoms with Gasteiger partial charge in [-0.05, 0) is 74.0 Å². The molecule has 0 fully saturated rings. The van der Waals surface area contributed by atoms with Gasteiger partial charge in [-0.3, -0.25) is 0 Å². The van der Waals surface area contributed by atoms with E-state index in [1.165, 1.54) is 11.8 Å². The zero-order valence-electron chi connectivity index (χ0n) is 20.7. The average molecular weight is 505 g/mol. The second-order valence-electron chi connectivity index (χ2n) is 9.03. The van der Waals surface area contributed by atoms with E-state index in [4.69, 9.17) is 4.74 Å². The second kappa shape index (κ2) is 12.0. The van der Waals surface area contributed by atoms with Crippen molar-refractivity contribution in [2.75, 3.05) is 37.5 Å². The highest BCUT2D eigenvalue weighted by Gasteiger charge is 2.08. The molecule has 0 spiro atoms. The van der Waals surface area contributed by atoms with Crippen LogP contribution in [-0.2, 0) is 22.9 Å². The predicted molar refractivity (Wildman–Crippen MR) is 146 cm³/mol. The van der Waals surface area contributed by atoms with Crippen molar-refractivity contribution in [3.8, 4) is 5.75 Å². The highest BCUT2D eigenvalue weighted by molar-refractivity contribution is 7.90. The maximum Gasteiger partial charge on any atom is 0.148 e. The van der Waals surface area contributed by atoms with Crippen molar-refractivity contribution < 1.29 is 13.2 Å². The first-order chi connectivity index (χ1) is 17.4. The number of aryl methyl sites for hydroxylation is 1. The van der Waals surface area contributed by atoms with Crippen LogP contribution in [0.25, 0.3) is 10.9 Å². The first-order valence-electron chi connectivity index (χ1n) is 12.0. The van der Waals surface area contributed by atoms with Gasteiger partial charge >= 0.3 is 0 Å². The van der Waals surface area contributed by atoms with E-state index < -0.39 is 9.84 Å². The fourth-order valence-corrected chi connectivity index (χ4v) is 4.50. The number of benzene rings is 3. The van der Waals surface area contributed by atoms with Gasteiger partial charge in [-0.15, -0.1) is 0 Å². The summed E-state index contributed by atoms with van der Waals surface area (Å²) in [5.41, 5.74) is 4.13. The van der Waals surface area contributed by atoms with Crippen molar-refractivity contribution >= 4 is 32.2 Å². The third-order valence-corrected chi connectivity index (χ3v) is 6.84. The van der Waals surface area contributed by atoms with Crippen molar-refractivity contribution in [1.82, 2.24) is 14.9 Å². The molecule has 1 aromatic heterocycles. The van der Waals surface area contributed by atoms with Gasteiger partial charge in [0.05, 0.1) is 11.3 Å². The van der Waals surface area contributed by atoms with Crippen LogP contribution in [0.4, 0.5) is 11.5 Å². The normalized spacial score (nSPS) is 11.6. The molecule has 0 radical (unpaired) electrons. The Hall–Kier alpha value is -3.49.